The molecule has 132 valence electrons. The summed E-state index contributed by atoms with van der Waals surface area (Å²) in [5.41, 5.74) is 0. The molecule has 0 spiro atoms. The number of nitrogens with two attached hydrogens (primary N) is 1. The highest BCUT2D eigenvalue weighted by atomic mass is 35.5. The first-order chi connectivity index (χ1) is 10.5. The van der Waals surface area contributed by atoms with Gasteiger partial charge in [0, 0.05) is 19.1 Å². The van der Waals surface area contributed by atoms with Gasteiger partial charge in [-0.2, -0.15) is 0 Å². The molecule has 0 radical (unpaired) electrons. The first-order valence-corrected chi connectivity index (χ1v) is 9.15. The molecule has 1 saturated carbocycles. The van der Waals surface area contributed by atoms with Gasteiger partial charge in [-0.05, 0) is 25.0 Å². The number of nitrogens with one attached hydrogen (secondary N) is 2. The minimum absolute atomic E-state index is 0. The minimum atomic E-state index is -3.92. The maximum absolute atomic E-state index is 11.8. The van der Waals surface area contributed by atoms with E-state index in [-0.39, 0.29) is 18.2 Å². The Kier molecular flexibility index (Phi) is 8.04. The molecular weight excluding hydrogens is 342 g/mol. The number of rotatable bonds is 6. The summed E-state index contributed by atoms with van der Waals surface area (Å²) in [7, 11) is -3.92. The molecule has 23 heavy (non-hydrogen) atoms. The summed E-state index contributed by atoms with van der Waals surface area (Å²) in [4.78, 5) is 11.8. The van der Waals surface area contributed by atoms with E-state index in [1.165, 1.54) is 50.7 Å². The summed E-state index contributed by atoms with van der Waals surface area (Å²) < 4.78 is 27.1. The highest BCUT2D eigenvalue weighted by Gasteiger charge is 2.17. The zero-order chi connectivity index (χ0) is 16.0. The van der Waals surface area contributed by atoms with Gasteiger partial charge < -0.3 is 15.1 Å². The fourth-order valence-electron chi connectivity index (χ4n) is 2.62. The van der Waals surface area contributed by atoms with E-state index in [1.807, 2.05) is 0 Å². The molecule has 9 heteroatoms. The van der Waals surface area contributed by atoms with Crippen molar-refractivity contribution in [3.8, 4) is 0 Å². The predicted molar refractivity (Wildman–Crippen MR) is 89.2 cm³/mol. The quantitative estimate of drug-likeness (QED) is 0.520. The highest BCUT2D eigenvalue weighted by Crippen LogP contribution is 2.16. The number of carbonyl (C=O) groups excluding carboxylic acids is 1. The molecule has 1 aromatic rings. The molecule has 2 rings (SSSR count). The third kappa shape index (κ3) is 6.50. The average Bonchev–Trinajstić information content (AvgIpc) is 2.83. The van der Waals surface area contributed by atoms with Gasteiger partial charge in [0.25, 0.3) is 15.9 Å². The van der Waals surface area contributed by atoms with E-state index >= 15 is 0 Å². The minimum Gasteiger partial charge on any atom is -0.438 e. The maximum atomic E-state index is 11.8. The lowest BCUT2D eigenvalue weighted by Gasteiger charge is -2.16. The van der Waals surface area contributed by atoms with Gasteiger partial charge >= 0.3 is 0 Å². The zero-order valence-electron chi connectivity index (χ0n) is 12.9. The van der Waals surface area contributed by atoms with Crippen molar-refractivity contribution in [2.24, 2.45) is 5.14 Å². The lowest BCUT2D eigenvalue weighted by molar-refractivity contribution is 0.0920. The second-order valence-corrected chi connectivity index (χ2v) is 7.05. The van der Waals surface area contributed by atoms with Crippen molar-refractivity contribution in [1.29, 1.82) is 0 Å². The Hall–Kier alpha value is -1.09. The summed E-state index contributed by atoms with van der Waals surface area (Å²) in [6, 6.07) is 3.00. The molecule has 0 aromatic carbocycles. The fraction of sp³-hybridized carbons (Fsp3) is 0.643. The third-order valence-electron chi connectivity index (χ3n) is 3.78. The van der Waals surface area contributed by atoms with Crippen molar-refractivity contribution in [3.05, 3.63) is 17.9 Å². The second-order valence-electron chi connectivity index (χ2n) is 5.56. The van der Waals surface area contributed by atoms with Gasteiger partial charge in [0.2, 0.25) is 5.09 Å². The first-order valence-electron chi connectivity index (χ1n) is 7.61. The van der Waals surface area contributed by atoms with Crippen molar-refractivity contribution in [1.82, 2.24) is 10.6 Å². The van der Waals surface area contributed by atoms with Crippen LogP contribution in [0.2, 0.25) is 0 Å². The van der Waals surface area contributed by atoms with Crippen LogP contribution in [0.25, 0.3) is 0 Å². The van der Waals surface area contributed by atoms with E-state index in [4.69, 9.17) is 9.56 Å². The van der Waals surface area contributed by atoms with Crippen molar-refractivity contribution < 1.29 is 17.6 Å². The zero-order valence-corrected chi connectivity index (χ0v) is 14.5. The summed E-state index contributed by atoms with van der Waals surface area (Å²) in [6.07, 6.45) is 7.49. The van der Waals surface area contributed by atoms with Crippen molar-refractivity contribution in [2.75, 3.05) is 13.1 Å². The SMILES string of the molecule is Cl.NS(=O)(=O)c1ccc(C(=O)NCCNC2CCCCCC2)o1. The van der Waals surface area contributed by atoms with Crippen LogP contribution in [0.5, 0.6) is 0 Å². The predicted octanol–water partition coefficient (Wildman–Crippen LogP) is 1.39. The van der Waals surface area contributed by atoms with Crippen LogP contribution >= 0.6 is 12.4 Å². The Balaban J connectivity index is 0.00000264. The van der Waals surface area contributed by atoms with E-state index in [0.717, 1.165) is 0 Å². The monoisotopic (exact) mass is 365 g/mol. The number of carbonyl (C=O) groups is 1. The van der Waals surface area contributed by atoms with Crippen LogP contribution in [0.3, 0.4) is 0 Å². The Labute approximate surface area is 142 Å². The molecule has 1 aliphatic rings. The number of hydrogen-bond acceptors (Lipinski definition) is 5. The van der Waals surface area contributed by atoms with E-state index < -0.39 is 21.0 Å². The molecule has 0 bridgehead atoms. The van der Waals surface area contributed by atoms with Gasteiger partial charge in [-0.3, -0.25) is 4.79 Å². The normalized spacial score (nSPS) is 16.4. The number of furan rings is 1. The molecular formula is C14H24ClN3O4S. The Morgan fingerprint density at radius 3 is 2.39 bits per heavy atom. The summed E-state index contributed by atoms with van der Waals surface area (Å²) in [6.45, 7) is 1.14. The largest absolute Gasteiger partial charge is 0.438 e. The van der Waals surface area contributed by atoms with E-state index in [9.17, 15) is 13.2 Å². The van der Waals surface area contributed by atoms with Crippen LogP contribution in [-0.2, 0) is 10.0 Å². The van der Waals surface area contributed by atoms with Crippen molar-refractivity contribution in [3.63, 3.8) is 0 Å². The van der Waals surface area contributed by atoms with Crippen LogP contribution < -0.4 is 15.8 Å². The molecule has 0 saturated heterocycles. The van der Waals surface area contributed by atoms with Gasteiger partial charge in [-0.25, -0.2) is 13.6 Å². The van der Waals surface area contributed by atoms with E-state index in [0.29, 0.717) is 19.1 Å². The summed E-state index contributed by atoms with van der Waals surface area (Å²) >= 11 is 0. The lowest BCUT2D eigenvalue weighted by Crippen LogP contribution is -2.36. The van der Waals surface area contributed by atoms with Gasteiger partial charge in [0.1, 0.15) is 0 Å². The smallest absolute Gasteiger partial charge is 0.287 e. The van der Waals surface area contributed by atoms with Crippen molar-refractivity contribution >= 4 is 28.3 Å². The number of primary sulfonamides is 1. The number of hydrogen-bond donors (Lipinski definition) is 3. The van der Waals surface area contributed by atoms with E-state index in [2.05, 4.69) is 10.6 Å². The van der Waals surface area contributed by atoms with Crippen LogP contribution in [-0.4, -0.2) is 33.5 Å². The molecule has 1 amide bonds. The Morgan fingerprint density at radius 1 is 1.17 bits per heavy atom. The standard InChI is InChI=1S/C14H23N3O4S.ClH/c15-22(19,20)13-8-7-12(21-13)14(18)17-10-9-16-11-5-3-1-2-4-6-11;/h7-8,11,16H,1-6,9-10H2,(H,17,18)(H2,15,19,20);1H. The average molecular weight is 366 g/mol. The molecule has 1 fully saturated rings. The first kappa shape index (κ1) is 20.0. The highest BCUT2D eigenvalue weighted by molar-refractivity contribution is 7.89. The number of amides is 1. The van der Waals surface area contributed by atoms with Gasteiger partial charge in [0.05, 0.1) is 0 Å². The van der Waals surface area contributed by atoms with Crippen molar-refractivity contribution in [2.45, 2.75) is 49.7 Å². The fourth-order valence-corrected chi connectivity index (χ4v) is 3.08. The molecule has 4 N–H and O–H groups in total. The molecule has 1 aliphatic carbocycles. The van der Waals surface area contributed by atoms with Gasteiger partial charge in [-0.1, -0.05) is 25.7 Å². The molecule has 1 heterocycles. The molecule has 0 aliphatic heterocycles. The second kappa shape index (κ2) is 9.27. The van der Waals surface area contributed by atoms with Gasteiger partial charge in [-0.15, -0.1) is 12.4 Å². The molecule has 0 unspecified atom stereocenters. The lowest BCUT2D eigenvalue weighted by atomic mass is 10.1. The number of sulfonamides is 1. The van der Waals surface area contributed by atoms with Gasteiger partial charge in [0.15, 0.2) is 5.76 Å². The molecule has 0 atom stereocenters. The summed E-state index contributed by atoms with van der Waals surface area (Å²) in [5, 5.41) is 10.6. The number of halogens is 1. The Bertz CT molecular complexity index is 595. The topological polar surface area (TPSA) is 114 Å². The third-order valence-corrected chi connectivity index (χ3v) is 4.56. The maximum Gasteiger partial charge on any atom is 0.287 e. The van der Waals surface area contributed by atoms with Crippen LogP contribution in [0.1, 0.15) is 49.1 Å². The Morgan fingerprint density at radius 2 is 1.83 bits per heavy atom. The molecule has 7 nitrogen and oxygen atoms in total. The van der Waals surface area contributed by atoms with E-state index in [1.54, 1.807) is 0 Å². The van der Waals surface area contributed by atoms with Crippen LogP contribution in [0.4, 0.5) is 0 Å². The van der Waals surface area contributed by atoms with Crippen LogP contribution in [0, 0.1) is 0 Å². The summed E-state index contributed by atoms with van der Waals surface area (Å²) in [5.74, 6) is -0.504. The van der Waals surface area contributed by atoms with Crippen LogP contribution in [0.15, 0.2) is 21.6 Å². The molecule has 1 aromatic heterocycles.